The van der Waals surface area contributed by atoms with Crippen molar-refractivity contribution in [3.63, 3.8) is 0 Å². The van der Waals surface area contributed by atoms with E-state index in [1.165, 1.54) is 7.11 Å². The van der Waals surface area contributed by atoms with Gasteiger partial charge in [0.15, 0.2) is 5.69 Å². The molecule has 2 heterocycles. The zero-order valence-electron chi connectivity index (χ0n) is 17.3. The number of hydrogen-bond acceptors (Lipinski definition) is 5. The lowest BCUT2D eigenvalue weighted by Crippen LogP contribution is -2.21. The van der Waals surface area contributed by atoms with E-state index in [-0.39, 0.29) is 17.3 Å². The normalized spacial score (nSPS) is 14.7. The van der Waals surface area contributed by atoms with Gasteiger partial charge in [-0.3, -0.25) is 9.48 Å². The predicted molar refractivity (Wildman–Crippen MR) is 112 cm³/mol. The minimum absolute atomic E-state index is 0.00540. The number of nitrogens with zero attached hydrogens (tertiary/aromatic N) is 2. The van der Waals surface area contributed by atoms with Crippen LogP contribution in [-0.2, 0) is 17.7 Å². The van der Waals surface area contributed by atoms with Crippen LogP contribution in [0.1, 0.15) is 55.1 Å². The molecule has 1 saturated heterocycles. The fourth-order valence-electron chi connectivity index (χ4n) is 3.62. The number of unbranched alkanes of at least 4 members (excludes halogenated alkanes) is 2. The number of phenolic OH excluding ortho intramolecular Hbond substituents is 1. The Morgan fingerprint density at radius 3 is 2.86 bits per heavy atom. The van der Waals surface area contributed by atoms with Crippen molar-refractivity contribution >= 4 is 11.6 Å². The van der Waals surface area contributed by atoms with Crippen molar-refractivity contribution in [2.75, 3.05) is 25.6 Å². The van der Waals surface area contributed by atoms with Crippen LogP contribution in [0.3, 0.4) is 0 Å². The number of hydrogen-bond donors (Lipinski definition) is 2. The molecule has 7 nitrogen and oxygen atoms in total. The molecule has 0 saturated carbocycles. The molecule has 0 unspecified atom stereocenters. The average Bonchev–Trinajstić information content (AvgIpc) is 3.19. The zero-order valence-corrected chi connectivity index (χ0v) is 17.3. The SMILES string of the molecule is CCCCCc1cc(O)c(NC(=O)c2ccn(CC3CCOCC3)n2)c(OC)c1. The van der Waals surface area contributed by atoms with Crippen molar-refractivity contribution in [3.8, 4) is 11.5 Å². The van der Waals surface area contributed by atoms with Gasteiger partial charge in [0.25, 0.3) is 5.91 Å². The number of amides is 1. The maximum absolute atomic E-state index is 12.7. The van der Waals surface area contributed by atoms with E-state index in [0.29, 0.717) is 17.4 Å². The summed E-state index contributed by atoms with van der Waals surface area (Å²) in [5.74, 6) is 0.601. The molecule has 0 bridgehead atoms. The van der Waals surface area contributed by atoms with Crippen molar-refractivity contribution in [1.82, 2.24) is 9.78 Å². The summed E-state index contributed by atoms with van der Waals surface area (Å²) >= 11 is 0. The molecule has 1 aliphatic heterocycles. The lowest BCUT2D eigenvalue weighted by molar-refractivity contribution is 0.0601. The molecule has 2 N–H and O–H groups in total. The molecule has 158 valence electrons. The smallest absolute Gasteiger partial charge is 0.276 e. The van der Waals surface area contributed by atoms with Gasteiger partial charge < -0.3 is 19.9 Å². The number of aromatic nitrogens is 2. The van der Waals surface area contributed by atoms with E-state index >= 15 is 0 Å². The summed E-state index contributed by atoms with van der Waals surface area (Å²) in [5.41, 5.74) is 1.58. The number of aryl methyl sites for hydroxylation is 1. The molecule has 0 aliphatic carbocycles. The van der Waals surface area contributed by atoms with Crippen LogP contribution in [0.4, 0.5) is 5.69 Å². The molecule has 1 fully saturated rings. The Morgan fingerprint density at radius 2 is 2.14 bits per heavy atom. The summed E-state index contributed by atoms with van der Waals surface area (Å²) in [6, 6.07) is 5.25. The zero-order chi connectivity index (χ0) is 20.6. The van der Waals surface area contributed by atoms with E-state index in [1.807, 2.05) is 12.3 Å². The molecular formula is C22H31N3O4. The quantitative estimate of drug-likeness (QED) is 0.490. The maximum atomic E-state index is 12.7. The average molecular weight is 402 g/mol. The van der Waals surface area contributed by atoms with Crippen LogP contribution in [0, 0.1) is 5.92 Å². The van der Waals surface area contributed by atoms with Crippen LogP contribution in [-0.4, -0.2) is 41.1 Å². The molecule has 0 atom stereocenters. The predicted octanol–water partition coefficient (Wildman–Crippen LogP) is 4.01. The van der Waals surface area contributed by atoms with E-state index in [4.69, 9.17) is 9.47 Å². The second-order valence-corrected chi connectivity index (χ2v) is 7.58. The van der Waals surface area contributed by atoms with Crippen molar-refractivity contribution in [2.24, 2.45) is 5.92 Å². The van der Waals surface area contributed by atoms with Gasteiger partial charge in [0.2, 0.25) is 0 Å². The summed E-state index contributed by atoms with van der Waals surface area (Å²) in [6.07, 6.45) is 8.03. The monoisotopic (exact) mass is 401 g/mol. The third kappa shape index (κ3) is 5.73. The summed E-state index contributed by atoms with van der Waals surface area (Å²) in [5, 5.41) is 17.6. The number of aromatic hydroxyl groups is 1. The third-order valence-corrected chi connectivity index (χ3v) is 5.33. The van der Waals surface area contributed by atoms with Gasteiger partial charge in [0.05, 0.1) is 7.11 Å². The van der Waals surface area contributed by atoms with Crippen molar-refractivity contribution in [3.05, 3.63) is 35.7 Å². The first-order valence-electron chi connectivity index (χ1n) is 10.4. The number of benzene rings is 1. The molecule has 29 heavy (non-hydrogen) atoms. The number of phenols is 1. The first-order valence-corrected chi connectivity index (χ1v) is 10.4. The minimum Gasteiger partial charge on any atom is -0.506 e. The van der Waals surface area contributed by atoms with Gasteiger partial charge in [-0.05, 0) is 55.4 Å². The van der Waals surface area contributed by atoms with Crippen molar-refractivity contribution in [1.29, 1.82) is 0 Å². The highest BCUT2D eigenvalue weighted by atomic mass is 16.5. The first kappa shape index (κ1) is 21.2. The summed E-state index contributed by atoms with van der Waals surface area (Å²) in [7, 11) is 1.53. The Kier molecular flexibility index (Phi) is 7.52. The van der Waals surface area contributed by atoms with Gasteiger partial charge in [0, 0.05) is 26.0 Å². The van der Waals surface area contributed by atoms with E-state index in [2.05, 4.69) is 17.3 Å². The second kappa shape index (κ2) is 10.3. The topological polar surface area (TPSA) is 85.6 Å². The number of methoxy groups -OCH3 is 1. The summed E-state index contributed by atoms with van der Waals surface area (Å²) in [4.78, 5) is 12.7. The first-order chi connectivity index (χ1) is 14.1. The highest BCUT2D eigenvalue weighted by Crippen LogP contribution is 2.36. The summed E-state index contributed by atoms with van der Waals surface area (Å²) < 4.78 is 12.6. The highest BCUT2D eigenvalue weighted by Gasteiger charge is 2.19. The Balaban J connectivity index is 1.66. The largest absolute Gasteiger partial charge is 0.506 e. The second-order valence-electron chi connectivity index (χ2n) is 7.58. The van der Waals surface area contributed by atoms with Gasteiger partial charge in [0.1, 0.15) is 17.2 Å². The lowest BCUT2D eigenvalue weighted by Gasteiger charge is -2.21. The molecule has 1 aromatic carbocycles. The highest BCUT2D eigenvalue weighted by molar-refractivity contribution is 6.04. The number of carbonyl (C=O) groups excluding carboxylic acids is 1. The molecule has 1 amide bonds. The van der Waals surface area contributed by atoms with Crippen LogP contribution in [0.5, 0.6) is 11.5 Å². The Labute approximate surface area is 172 Å². The number of rotatable bonds is 9. The van der Waals surface area contributed by atoms with Crippen LogP contribution >= 0.6 is 0 Å². The molecule has 3 rings (SSSR count). The third-order valence-electron chi connectivity index (χ3n) is 5.33. The standard InChI is InChI=1S/C22H31N3O4/c1-3-4-5-6-17-13-19(26)21(20(14-17)28-2)23-22(27)18-7-10-25(24-18)15-16-8-11-29-12-9-16/h7,10,13-14,16,26H,3-6,8-9,11-12,15H2,1-2H3,(H,23,27). The van der Waals surface area contributed by atoms with Gasteiger partial charge in [-0.2, -0.15) is 5.10 Å². The van der Waals surface area contributed by atoms with Crippen molar-refractivity contribution in [2.45, 2.75) is 52.0 Å². The number of carbonyl (C=O) groups is 1. The lowest BCUT2D eigenvalue weighted by atomic mass is 10.0. The minimum atomic E-state index is -0.372. The van der Waals surface area contributed by atoms with Crippen LogP contribution in [0.15, 0.2) is 24.4 Å². The maximum Gasteiger partial charge on any atom is 0.276 e. The van der Waals surface area contributed by atoms with Gasteiger partial charge >= 0.3 is 0 Å². The van der Waals surface area contributed by atoms with E-state index in [9.17, 15) is 9.90 Å². The number of ether oxygens (including phenoxy) is 2. The van der Waals surface area contributed by atoms with Gasteiger partial charge in [-0.25, -0.2) is 0 Å². The molecule has 0 radical (unpaired) electrons. The molecule has 2 aromatic rings. The molecule has 7 heteroatoms. The Morgan fingerprint density at radius 1 is 1.34 bits per heavy atom. The van der Waals surface area contributed by atoms with Gasteiger partial charge in [-0.1, -0.05) is 19.8 Å². The van der Waals surface area contributed by atoms with Crippen molar-refractivity contribution < 1.29 is 19.4 Å². The Bertz CT molecular complexity index is 812. The number of nitrogens with one attached hydrogen (secondary N) is 1. The number of anilines is 1. The molecule has 1 aliphatic rings. The summed E-state index contributed by atoms with van der Waals surface area (Å²) in [6.45, 7) is 4.50. The molecule has 0 spiro atoms. The molecular weight excluding hydrogens is 370 g/mol. The fourth-order valence-corrected chi connectivity index (χ4v) is 3.62. The van der Waals surface area contributed by atoms with E-state index in [0.717, 1.165) is 63.8 Å². The van der Waals surface area contributed by atoms with E-state index < -0.39 is 0 Å². The van der Waals surface area contributed by atoms with Crippen LogP contribution in [0.2, 0.25) is 0 Å². The van der Waals surface area contributed by atoms with Gasteiger partial charge in [-0.15, -0.1) is 0 Å². The molecule has 1 aromatic heterocycles. The van der Waals surface area contributed by atoms with E-state index in [1.54, 1.807) is 16.8 Å². The fraction of sp³-hybridized carbons (Fsp3) is 0.545. The Hall–Kier alpha value is -2.54. The van der Waals surface area contributed by atoms with Crippen LogP contribution in [0.25, 0.3) is 0 Å². The van der Waals surface area contributed by atoms with Crippen LogP contribution < -0.4 is 10.1 Å².